The van der Waals surface area contributed by atoms with Crippen molar-refractivity contribution in [3.63, 3.8) is 0 Å². The van der Waals surface area contributed by atoms with E-state index in [0.29, 0.717) is 34.7 Å². The van der Waals surface area contributed by atoms with Crippen LogP contribution in [0.25, 0.3) is 28.1 Å². The third kappa shape index (κ3) is 7.61. The number of imidazole rings is 1. The van der Waals surface area contributed by atoms with Gasteiger partial charge in [0.05, 0.1) is 34.7 Å². The first-order valence-electron chi connectivity index (χ1n) is 22.2. The molecule has 1 spiro atoms. The molecule has 1 aromatic carbocycles. The number of rotatable bonds is 10. The Morgan fingerprint density at radius 1 is 0.952 bits per heavy atom. The Morgan fingerprint density at radius 3 is 2.52 bits per heavy atom. The Hall–Kier alpha value is -6.49. The van der Waals surface area contributed by atoms with E-state index in [2.05, 4.69) is 41.6 Å². The third-order valence-electron chi connectivity index (χ3n) is 14.0. The van der Waals surface area contributed by atoms with Gasteiger partial charge in [-0.2, -0.15) is 10.2 Å². The van der Waals surface area contributed by atoms with Gasteiger partial charge in [-0.3, -0.25) is 43.3 Å². The highest BCUT2D eigenvalue weighted by Crippen LogP contribution is 2.42. The molecule has 1 saturated carbocycles. The number of carbonyl (C=O) groups is 4. The second kappa shape index (κ2) is 16.3. The molecule has 0 bridgehead atoms. The molecule has 1 unspecified atom stereocenters. The lowest BCUT2D eigenvalue weighted by Gasteiger charge is -2.54. The zero-order valence-corrected chi connectivity index (χ0v) is 35.7. The number of fused-ring (bicyclic) bond motifs is 2. The molecule has 4 aliphatic rings. The molecular formula is C46H52N12O5. The van der Waals surface area contributed by atoms with Crippen molar-refractivity contribution in [2.75, 3.05) is 38.0 Å². The molecule has 17 heteroatoms. The number of pyridine rings is 1. The van der Waals surface area contributed by atoms with Gasteiger partial charge in [0.1, 0.15) is 17.3 Å². The Bertz CT molecular complexity index is 2790. The lowest BCUT2D eigenvalue weighted by molar-refractivity contribution is -0.142. The SMILES string of the molecule is Cc1ccc(-c2nn(C3CCC(C(=O)N4CCC5(CC4)CN(CCCc4cccc6c4n(C)c(=O)n6C4CCC(=O)NC4=O)C5)CC3)cc2NC(=O)c2cnn3cccnc23)nc1. The van der Waals surface area contributed by atoms with Crippen LogP contribution in [0.5, 0.6) is 0 Å². The average Bonchev–Trinajstić information content (AvgIpc) is 3.98. The van der Waals surface area contributed by atoms with Gasteiger partial charge < -0.3 is 15.1 Å². The highest BCUT2D eigenvalue weighted by Gasteiger charge is 2.46. The molecule has 3 aliphatic heterocycles. The van der Waals surface area contributed by atoms with Crippen molar-refractivity contribution in [1.29, 1.82) is 0 Å². The normalized spacial score (nSPS) is 21.5. The number of hydrogen-bond donors (Lipinski definition) is 2. The Labute approximate surface area is 363 Å². The molecule has 17 nitrogen and oxygen atoms in total. The number of anilines is 1. The maximum atomic E-state index is 13.9. The quantitative estimate of drug-likeness (QED) is 0.186. The van der Waals surface area contributed by atoms with Crippen LogP contribution >= 0.6 is 0 Å². The highest BCUT2D eigenvalue weighted by molar-refractivity contribution is 6.09. The molecule has 0 radical (unpaired) electrons. The van der Waals surface area contributed by atoms with Crippen molar-refractivity contribution < 1.29 is 19.2 Å². The van der Waals surface area contributed by atoms with Crippen molar-refractivity contribution in [1.82, 2.24) is 53.6 Å². The number of nitrogens with zero attached hydrogens (tertiary/aromatic N) is 10. The van der Waals surface area contributed by atoms with E-state index in [1.807, 2.05) is 42.1 Å². The van der Waals surface area contributed by atoms with Gasteiger partial charge in [-0.15, -0.1) is 0 Å². The largest absolute Gasteiger partial charge is 0.342 e. The zero-order valence-electron chi connectivity index (χ0n) is 35.7. The van der Waals surface area contributed by atoms with Crippen LogP contribution in [0.3, 0.4) is 0 Å². The summed E-state index contributed by atoms with van der Waals surface area (Å²) in [5, 5.41) is 14.7. The fourth-order valence-corrected chi connectivity index (χ4v) is 10.5. The van der Waals surface area contributed by atoms with Gasteiger partial charge in [-0.05, 0) is 106 Å². The van der Waals surface area contributed by atoms with Crippen LogP contribution in [0.2, 0.25) is 0 Å². The van der Waals surface area contributed by atoms with Crippen LogP contribution in [0.15, 0.2) is 72.2 Å². The highest BCUT2D eigenvalue weighted by atomic mass is 16.2. The maximum absolute atomic E-state index is 13.9. The van der Waals surface area contributed by atoms with Crippen LogP contribution in [0, 0.1) is 18.3 Å². The fraction of sp³-hybridized carbons (Fsp3) is 0.457. The van der Waals surface area contributed by atoms with Crippen molar-refractivity contribution >= 4 is 46.0 Å². The molecule has 1 atom stereocenters. The first-order chi connectivity index (χ1) is 30.5. The van der Waals surface area contributed by atoms with Crippen molar-refractivity contribution in [3.8, 4) is 11.4 Å². The molecule has 3 saturated heterocycles. The first-order valence-corrected chi connectivity index (χ1v) is 22.2. The maximum Gasteiger partial charge on any atom is 0.329 e. The van der Waals surface area contributed by atoms with Crippen LogP contribution in [0.1, 0.15) is 91.4 Å². The molecule has 2 N–H and O–H groups in total. The van der Waals surface area contributed by atoms with Gasteiger partial charge in [0.25, 0.3) is 5.91 Å². The minimum Gasteiger partial charge on any atom is -0.342 e. The Kier molecular flexibility index (Phi) is 10.5. The van der Waals surface area contributed by atoms with E-state index < -0.39 is 11.9 Å². The lowest BCUT2D eigenvalue weighted by Crippen LogP contribution is -2.61. The van der Waals surface area contributed by atoms with Gasteiger partial charge in [-0.25, -0.2) is 14.3 Å². The minimum atomic E-state index is -0.695. The molecule has 4 amide bonds. The van der Waals surface area contributed by atoms with Crippen LogP contribution in [0.4, 0.5) is 5.69 Å². The minimum absolute atomic E-state index is 0.00541. The van der Waals surface area contributed by atoms with Gasteiger partial charge in [-0.1, -0.05) is 18.2 Å². The summed E-state index contributed by atoms with van der Waals surface area (Å²) in [4.78, 5) is 78.8. The predicted octanol–water partition coefficient (Wildman–Crippen LogP) is 4.47. The number of aryl methyl sites for hydroxylation is 3. The van der Waals surface area contributed by atoms with E-state index in [-0.39, 0.29) is 47.2 Å². The number of piperidine rings is 2. The van der Waals surface area contributed by atoms with E-state index in [4.69, 9.17) is 5.10 Å². The topological polar surface area (TPSA) is 187 Å². The lowest BCUT2D eigenvalue weighted by atomic mass is 9.71. The second-order valence-electron chi connectivity index (χ2n) is 18.1. The Balaban J connectivity index is 0.713. The molecule has 326 valence electrons. The standard InChI is InChI=1S/C46H52N12O5/c1-29-9-14-34(48-24-29)39-35(50-42(60)33-25-49-56-21-5-19-47-41(33)56)26-57(52-39)32-12-10-31(11-13-32)44(62)55-22-17-46(18-23-55)27-54(28-46)20-4-7-30-6-3-8-36-40(30)53(2)45(63)58(36)37-15-16-38(59)51-43(37)61/h3,5-6,8-9,14,19,21,24-26,31-32,37H,4,7,10-13,15-18,20,22-23,27-28H2,1-2H3,(H,50,60)(H,51,59,61). The van der Waals surface area contributed by atoms with Gasteiger partial charge in [0.15, 0.2) is 5.65 Å². The number of carbonyl (C=O) groups excluding carboxylic acids is 4. The van der Waals surface area contributed by atoms with E-state index in [0.717, 1.165) is 106 Å². The predicted molar refractivity (Wildman–Crippen MR) is 234 cm³/mol. The van der Waals surface area contributed by atoms with Crippen molar-refractivity contribution in [2.24, 2.45) is 18.4 Å². The average molecular weight is 853 g/mol. The van der Waals surface area contributed by atoms with Crippen molar-refractivity contribution in [3.05, 3.63) is 94.6 Å². The molecule has 5 aromatic heterocycles. The third-order valence-corrected chi connectivity index (χ3v) is 14.0. The number of imide groups is 1. The molecule has 1 aliphatic carbocycles. The molecule has 10 rings (SSSR count). The summed E-state index contributed by atoms with van der Waals surface area (Å²) in [5.41, 5.74) is 6.34. The summed E-state index contributed by atoms with van der Waals surface area (Å²) in [6.07, 6.45) is 16.1. The number of para-hydroxylation sites is 1. The van der Waals surface area contributed by atoms with Crippen LogP contribution in [-0.2, 0) is 27.9 Å². The van der Waals surface area contributed by atoms with E-state index in [1.165, 1.54) is 6.20 Å². The summed E-state index contributed by atoms with van der Waals surface area (Å²) in [7, 11) is 1.75. The zero-order chi connectivity index (χ0) is 43.4. The summed E-state index contributed by atoms with van der Waals surface area (Å²) in [6.45, 7) is 6.61. The van der Waals surface area contributed by atoms with E-state index in [9.17, 15) is 24.0 Å². The number of benzene rings is 1. The number of amides is 4. The van der Waals surface area contributed by atoms with Crippen LogP contribution in [-0.4, -0.2) is 105 Å². The summed E-state index contributed by atoms with van der Waals surface area (Å²) in [6, 6.07) is 10.9. The van der Waals surface area contributed by atoms with Crippen molar-refractivity contribution in [2.45, 2.75) is 83.2 Å². The van der Waals surface area contributed by atoms with Crippen LogP contribution < -0.4 is 16.3 Å². The second-order valence-corrected chi connectivity index (χ2v) is 18.1. The Morgan fingerprint density at radius 2 is 1.76 bits per heavy atom. The number of nitrogens with one attached hydrogen (secondary N) is 2. The first kappa shape index (κ1) is 40.6. The number of likely N-dealkylation sites (tertiary alicyclic amines) is 2. The van der Waals surface area contributed by atoms with Gasteiger partial charge in [0, 0.05) is 70.4 Å². The fourth-order valence-electron chi connectivity index (χ4n) is 10.5. The molecule has 4 fully saturated rings. The molecule has 63 heavy (non-hydrogen) atoms. The molecule has 6 aromatic rings. The summed E-state index contributed by atoms with van der Waals surface area (Å²) in [5.74, 6) is -0.785. The number of hydrogen-bond acceptors (Lipinski definition) is 10. The van der Waals surface area contributed by atoms with E-state index in [1.54, 1.807) is 45.4 Å². The van der Waals surface area contributed by atoms with Gasteiger partial charge in [0.2, 0.25) is 17.7 Å². The number of aromatic nitrogens is 8. The van der Waals surface area contributed by atoms with Gasteiger partial charge >= 0.3 is 5.69 Å². The molecular weight excluding hydrogens is 801 g/mol. The smallest absolute Gasteiger partial charge is 0.329 e. The van der Waals surface area contributed by atoms with E-state index >= 15 is 0 Å². The summed E-state index contributed by atoms with van der Waals surface area (Å²) >= 11 is 0. The summed E-state index contributed by atoms with van der Waals surface area (Å²) < 4.78 is 6.69. The molecule has 8 heterocycles. The monoisotopic (exact) mass is 852 g/mol.